The minimum Gasteiger partial charge on any atom is -0.497 e. The molecule has 0 spiro atoms. The van der Waals surface area contributed by atoms with Crippen molar-refractivity contribution in [1.29, 1.82) is 0 Å². The van der Waals surface area contributed by atoms with E-state index in [1.54, 1.807) is 21.3 Å². The SMILES string of the molecule is COCCN(CCOC)C(c1ccc(OC)cc1)C(C)N. The highest BCUT2D eigenvalue weighted by molar-refractivity contribution is 5.29. The first-order valence-corrected chi connectivity index (χ1v) is 7.25. The Bertz CT molecular complexity index is 374. The number of methoxy groups -OCH3 is 3. The van der Waals surface area contributed by atoms with Crippen LogP contribution in [0.15, 0.2) is 24.3 Å². The number of rotatable bonds is 10. The van der Waals surface area contributed by atoms with E-state index in [-0.39, 0.29) is 12.1 Å². The van der Waals surface area contributed by atoms with Crippen molar-refractivity contribution in [2.24, 2.45) is 5.73 Å². The van der Waals surface area contributed by atoms with Gasteiger partial charge in [0.15, 0.2) is 0 Å². The fourth-order valence-corrected chi connectivity index (χ4v) is 2.46. The molecule has 1 aromatic rings. The van der Waals surface area contributed by atoms with Gasteiger partial charge in [-0.05, 0) is 24.6 Å². The number of ether oxygens (including phenoxy) is 3. The van der Waals surface area contributed by atoms with E-state index in [4.69, 9.17) is 19.9 Å². The number of nitrogens with two attached hydrogens (primary N) is 1. The first-order chi connectivity index (χ1) is 10.1. The molecule has 0 fully saturated rings. The summed E-state index contributed by atoms with van der Waals surface area (Å²) in [5, 5.41) is 0. The van der Waals surface area contributed by atoms with Crippen LogP contribution >= 0.6 is 0 Å². The van der Waals surface area contributed by atoms with Gasteiger partial charge in [0.2, 0.25) is 0 Å². The number of hydrogen-bond donors (Lipinski definition) is 1. The monoisotopic (exact) mass is 296 g/mol. The summed E-state index contributed by atoms with van der Waals surface area (Å²) in [5.74, 6) is 0.850. The summed E-state index contributed by atoms with van der Waals surface area (Å²) in [4.78, 5) is 2.31. The third-order valence-corrected chi connectivity index (χ3v) is 3.51. The van der Waals surface area contributed by atoms with Crippen LogP contribution in [-0.4, -0.2) is 58.6 Å². The van der Waals surface area contributed by atoms with E-state index in [9.17, 15) is 0 Å². The predicted octanol–water partition coefficient (Wildman–Crippen LogP) is 1.68. The van der Waals surface area contributed by atoms with Crippen molar-refractivity contribution in [3.8, 4) is 5.75 Å². The number of hydrogen-bond acceptors (Lipinski definition) is 5. The number of nitrogens with zero attached hydrogens (tertiary/aromatic N) is 1. The molecular weight excluding hydrogens is 268 g/mol. The zero-order valence-electron chi connectivity index (χ0n) is 13.5. The van der Waals surface area contributed by atoms with E-state index < -0.39 is 0 Å². The fourth-order valence-electron chi connectivity index (χ4n) is 2.46. The molecule has 2 N–H and O–H groups in total. The van der Waals surface area contributed by atoms with Crippen molar-refractivity contribution in [2.45, 2.75) is 19.0 Å². The second-order valence-electron chi connectivity index (χ2n) is 5.10. The summed E-state index contributed by atoms with van der Waals surface area (Å²) in [6.07, 6.45) is 0. The molecule has 0 heterocycles. The van der Waals surface area contributed by atoms with Gasteiger partial charge in [0, 0.05) is 39.4 Å². The summed E-state index contributed by atoms with van der Waals surface area (Å²) in [6, 6.07) is 8.21. The minimum atomic E-state index is 0.00658. The molecule has 5 nitrogen and oxygen atoms in total. The van der Waals surface area contributed by atoms with Crippen LogP contribution in [0.1, 0.15) is 18.5 Å². The van der Waals surface area contributed by atoms with Crippen LogP contribution in [0.3, 0.4) is 0 Å². The van der Waals surface area contributed by atoms with Gasteiger partial charge in [-0.25, -0.2) is 0 Å². The molecule has 0 saturated heterocycles. The zero-order valence-corrected chi connectivity index (χ0v) is 13.5. The van der Waals surface area contributed by atoms with E-state index in [1.807, 2.05) is 19.1 Å². The summed E-state index contributed by atoms with van der Waals surface area (Å²) in [7, 11) is 5.09. The van der Waals surface area contributed by atoms with Crippen molar-refractivity contribution >= 4 is 0 Å². The molecule has 0 aliphatic heterocycles. The molecule has 1 rings (SSSR count). The predicted molar refractivity (Wildman–Crippen MR) is 84.7 cm³/mol. The van der Waals surface area contributed by atoms with Crippen molar-refractivity contribution in [3.05, 3.63) is 29.8 Å². The molecule has 2 unspecified atom stereocenters. The molecule has 5 heteroatoms. The van der Waals surface area contributed by atoms with Crippen LogP contribution < -0.4 is 10.5 Å². The van der Waals surface area contributed by atoms with Crippen molar-refractivity contribution in [1.82, 2.24) is 4.90 Å². The minimum absolute atomic E-state index is 0.00658. The highest BCUT2D eigenvalue weighted by Crippen LogP contribution is 2.25. The van der Waals surface area contributed by atoms with Crippen molar-refractivity contribution in [3.63, 3.8) is 0 Å². The van der Waals surface area contributed by atoms with Gasteiger partial charge in [-0.3, -0.25) is 4.90 Å². The molecule has 21 heavy (non-hydrogen) atoms. The molecule has 1 aromatic carbocycles. The maximum atomic E-state index is 6.23. The van der Waals surface area contributed by atoms with Gasteiger partial charge in [-0.1, -0.05) is 12.1 Å². The van der Waals surface area contributed by atoms with Crippen LogP contribution in [0.4, 0.5) is 0 Å². The molecule has 2 atom stereocenters. The van der Waals surface area contributed by atoms with Crippen molar-refractivity contribution in [2.75, 3.05) is 47.6 Å². The third-order valence-electron chi connectivity index (χ3n) is 3.51. The van der Waals surface area contributed by atoms with Crippen LogP contribution in [-0.2, 0) is 9.47 Å². The lowest BCUT2D eigenvalue weighted by Crippen LogP contribution is -2.42. The Hall–Kier alpha value is -1.14. The summed E-state index contributed by atoms with van der Waals surface area (Å²) < 4.78 is 15.6. The summed E-state index contributed by atoms with van der Waals surface area (Å²) in [6.45, 7) is 5.00. The standard InChI is InChI=1S/C16H28N2O3/c1-13(17)16(14-5-7-15(21-4)8-6-14)18(9-11-19-2)10-12-20-3/h5-8,13,16H,9-12,17H2,1-4H3. The first-order valence-electron chi connectivity index (χ1n) is 7.25. The van der Waals surface area contributed by atoms with Crippen LogP contribution in [0.25, 0.3) is 0 Å². The van der Waals surface area contributed by atoms with E-state index in [0.29, 0.717) is 13.2 Å². The molecule has 0 bridgehead atoms. The molecule has 0 amide bonds. The molecule has 0 aromatic heterocycles. The summed E-state index contributed by atoms with van der Waals surface area (Å²) in [5.41, 5.74) is 7.41. The van der Waals surface area contributed by atoms with Crippen LogP contribution in [0.2, 0.25) is 0 Å². The molecule has 0 saturated carbocycles. The van der Waals surface area contributed by atoms with Crippen molar-refractivity contribution < 1.29 is 14.2 Å². The van der Waals surface area contributed by atoms with Gasteiger partial charge in [-0.2, -0.15) is 0 Å². The third kappa shape index (κ3) is 5.63. The quantitative estimate of drug-likeness (QED) is 0.712. The van der Waals surface area contributed by atoms with E-state index in [1.165, 1.54) is 5.56 Å². The lowest BCUT2D eigenvalue weighted by Gasteiger charge is -2.34. The second-order valence-corrected chi connectivity index (χ2v) is 5.10. The zero-order chi connectivity index (χ0) is 15.7. The smallest absolute Gasteiger partial charge is 0.118 e. The summed E-state index contributed by atoms with van der Waals surface area (Å²) >= 11 is 0. The Balaban J connectivity index is 2.92. The number of benzene rings is 1. The van der Waals surface area contributed by atoms with Gasteiger partial charge < -0.3 is 19.9 Å². The highest BCUT2D eigenvalue weighted by atomic mass is 16.5. The van der Waals surface area contributed by atoms with Gasteiger partial charge in [0.05, 0.1) is 20.3 Å². The Morgan fingerprint density at radius 1 is 1.00 bits per heavy atom. The van der Waals surface area contributed by atoms with Gasteiger partial charge in [0.25, 0.3) is 0 Å². The highest BCUT2D eigenvalue weighted by Gasteiger charge is 2.23. The van der Waals surface area contributed by atoms with E-state index in [2.05, 4.69) is 17.0 Å². The molecule has 0 radical (unpaired) electrons. The first kappa shape index (κ1) is 17.9. The lowest BCUT2D eigenvalue weighted by molar-refractivity contribution is 0.0800. The molecule has 120 valence electrons. The Morgan fingerprint density at radius 2 is 1.52 bits per heavy atom. The molecular formula is C16H28N2O3. The maximum absolute atomic E-state index is 6.23. The Labute approximate surface area is 128 Å². The van der Waals surface area contributed by atoms with Gasteiger partial charge in [0.1, 0.15) is 5.75 Å². The van der Waals surface area contributed by atoms with Crippen LogP contribution in [0, 0.1) is 0 Å². The Kier molecular flexibility index (Phi) is 8.30. The average molecular weight is 296 g/mol. The molecule has 0 aliphatic rings. The normalized spacial score (nSPS) is 14.2. The average Bonchev–Trinajstić information content (AvgIpc) is 2.50. The van der Waals surface area contributed by atoms with E-state index >= 15 is 0 Å². The van der Waals surface area contributed by atoms with Crippen LogP contribution in [0.5, 0.6) is 5.75 Å². The fraction of sp³-hybridized carbons (Fsp3) is 0.625. The van der Waals surface area contributed by atoms with Gasteiger partial charge >= 0.3 is 0 Å². The Morgan fingerprint density at radius 3 is 1.90 bits per heavy atom. The lowest BCUT2D eigenvalue weighted by atomic mass is 9.99. The second kappa shape index (κ2) is 9.73. The van der Waals surface area contributed by atoms with Gasteiger partial charge in [-0.15, -0.1) is 0 Å². The topological polar surface area (TPSA) is 57.0 Å². The largest absolute Gasteiger partial charge is 0.497 e. The maximum Gasteiger partial charge on any atom is 0.118 e. The molecule has 0 aliphatic carbocycles. The van der Waals surface area contributed by atoms with E-state index in [0.717, 1.165) is 18.8 Å².